The van der Waals surface area contributed by atoms with Crippen molar-refractivity contribution in [3.05, 3.63) is 64.8 Å². The van der Waals surface area contributed by atoms with Crippen LogP contribution in [0.4, 0.5) is 5.69 Å². The Kier molecular flexibility index (Phi) is 4.14. The molecule has 1 N–H and O–H groups in total. The van der Waals surface area contributed by atoms with Crippen molar-refractivity contribution < 1.29 is 4.79 Å². The number of piperazine rings is 1. The normalized spacial score (nSPS) is 15.0. The van der Waals surface area contributed by atoms with E-state index in [1.165, 1.54) is 5.69 Å². The number of nitrogens with zero attached hydrogens (tertiary/aromatic N) is 2. The number of para-hydroxylation sites is 1. The van der Waals surface area contributed by atoms with Crippen LogP contribution in [-0.2, 0) is 0 Å². The highest BCUT2D eigenvalue weighted by molar-refractivity contribution is 6.31. The lowest BCUT2D eigenvalue weighted by Crippen LogP contribution is -2.49. The van der Waals surface area contributed by atoms with Gasteiger partial charge in [0, 0.05) is 47.8 Å². The number of halogens is 1. The van der Waals surface area contributed by atoms with Crippen LogP contribution >= 0.6 is 11.6 Å². The number of anilines is 1. The molecular formula is C20H20ClN3O. The lowest BCUT2D eigenvalue weighted by atomic mass is 10.1. The molecule has 3 aromatic rings. The van der Waals surface area contributed by atoms with E-state index in [4.69, 9.17) is 11.6 Å². The van der Waals surface area contributed by atoms with E-state index in [2.05, 4.69) is 22.0 Å². The van der Waals surface area contributed by atoms with Gasteiger partial charge in [0.15, 0.2) is 0 Å². The minimum absolute atomic E-state index is 0.0672. The quantitative estimate of drug-likeness (QED) is 0.753. The molecule has 0 aliphatic carbocycles. The predicted molar refractivity (Wildman–Crippen MR) is 103 cm³/mol. The molecule has 4 nitrogen and oxygen atoms in total. The number of aryl methyl sites for hydroxylation is 1. The van der Waals surface area contributed by atoms with Crippen molar-refractivity contribution in [2.24, 2.45) is 0 Å². The molecule has 0 unspecified atom stereocenters. The molecule has 0 spiro atoms. The Labute approximate surface area is 152 Å². The highest BCUT2D eigenvalue weighted by Crippen LogP contribution is 2.26. The number of H-pyrrole nitrogens is 1. The molecule has 4 rings (SSSR count). The summed E-state index contributed by atoms with van der Waals surface area (Å²) in [5.74, 6) is 0.0672. The van der Waals surface area contributed by atoms with Gasteiger partial charge in [-0.25, -0.2) is 0 Å². The summed E-state index contributed by atoms with van der Waals surface area (Å²) in [5, 5.41) is 1.70. The summed E-state index contributed by atoms with van der Waals surface area (Å²) in [4.78, 5) is 20.5. The summed E-state index contributed by atoms with van der Waals surface area (Å²) in [5.41, 5.74) is 3.80. The van der Waals surface area contributed by atoms with Gasteiger partial charge in [-0.05, 0) is 42.8 Å². The van der Waals surface area contributed by atoms with Crippen LogP contribution in [0.25, 0.3) is 10.9 Å². The second kappa shape index (κ2) is 6.45. The maximum Gasteiger partial charge on any atom is 0.270 e. The predicted octanol–water partition coefficient (Wildman–Crippen LogP) is 4.09. The minimum atomic E-state index is 0.0672. The van der Waals surface area contributed by atoms with Crippen molar-refractivity contribution >= 4 is 34.1 Å². The number of hydrogen-bond donors (Lipinski definition) is 1. The summed E-state index contributed by atoms with van der Waals surface area (Å²) in [6.07, 6.45) is 0. The fourth-order valence-electron chi connectivity index (χ4n) is 3.48. The van der Waals surface area contributed by atoms with Crippen molar-refractivity contribution in [2.45, 2.75) is 6.92 Å². The number of aromatic amines is 1. The molecule has 1 aliphatic rings. The Morgan fingerprint density at radius 3 is 2.48 bits per heavy atom. The van der Waals surface area contributed by atoms with Crippen LogP contribution in [-0.4, -0.2) is 42.0 Å². The Morgan fingerprint density at radius 2 is 1.76 bits per heavy atom. The maximum atomic E-state index is 13.0. The Bertz CT molecular complexity index is 911. The van der Waals surface area contributed by atoms with Crippen molar-refractivity contribution in [2.75, 3.05) is 31.1 Å². The molecule has 2 heterocycles. The third-order valence-corrected chi connectivity index (χ3v) is 5.16. The number of carbonyl (C=O) groups is 1. The number of aromatic nitrogens is 1. The van der Waals surface area contributed by atoms with E-state index in [1.807, 2.05) is 48.2 Å². The van der Waals surface area contributed by atoms with Gasteiger partial charge in [-0.15, -0.1) is 0 Å². The van der Waals surface area contributed by atoms with Crippen molar-refractivity contribution in [1.82, 2.24) is 9.88 Å². The first-order valence-corrected chi connectivity index (χ1v) is 8.88. The molecule has 1 fully saturated rings. The van der Waals surface area contributed by atoms with Gasteiger partial charge >= 0.3 is 0 Å². The van der Waals surface area contributed by atoms with Crippen molar-refractivity contribution in [3.63, 3.8) is 0 Å². The van der Waals surface area contributed by atoms with Gasteiger partial charge in [-0.2, -0.15) is 0 Å². The van der Waals surface area contributed by atoms with E-state index in [0.717, 1.165) is 42.6 Å². The number of amides is 1. The van der Waals surface area contributed by atoms with Gasteiger partial charge < -0.3 is 14.8 Å². The first-order valence-electron chi connectivity index (χ1n) is 8.50. The van der Waals surface area contributed by atoms with Crippen molar-refractivity contribution in [3.8, 4) is 0 Å². The lowest BCUT2D eigenvalue weighted by molar-refractivity contribution is 0.0741. The van der Waals surface area contributed by atoms with Crippen LogP contribution in [0.3, 0.4) is 0 Å². The molecule has 0 saturated carbocycles. The SMILES string of the molecule is Cc1c(C(=O)N2CCN(c3ccccc3)CC2)[nH]c2ccc(Cl)cc12. The Hall–Kier alpha value is -2.46. The van der Waals surface area contributed by atoms with Crippen LogP contribution in [0.1, 0.15) is 16.1 Å². The average molecular weight is 354 g/mol. The standard InChI is InChI=1S/C20H20ClN3O/c1-14-17-13-15(21)7-8-18(17)22-19(14)20(25)24-11-9-23(10-12-24)16-5-3-2-4-6-16/h2-8,13,22H,9-12H2,1H3. The van der Waals surface area contributed by atoms with Gasteiger partial charge in [0.2, 0.25) is 0 Å². The third-order valence-electron chi connectivity index (χ3n) is 4.92. The van der Waals surface area contributed by atoms with Gasteiger partial charge in [-0.3, -0.25) is 4.79 Å². The number of benzene rings is 2. The van der Waals surface area contributed by atoms with Gasteiger partial charge in [0.25, 0.3) is 5.91 Å². The van der Waals surface area contributed by atoms with E-state index < -0.39 is 0 Å². The first kappa shape index (κ1) is 16.0. The highest BCUT2D eigenvalue weighted by Gasteiger charge is 2.25. The summed E-state index contributed by atoms with van der Waals surface area (Å²) < 4.78 is 0. The fraction of sp³-hybridized carbons (Fsp3) is 0.250. The third kappa shape index (κ3) is 2.98. The topological polar surface area (TPSA) is 39.3 Å². The van der Waals surface area contributed by atoms with Crippen LogP contribution in [0.2, 0.25) is 5.02 Å². The van der Waals surface area contributed by atoms with E-state index in [9.17, 15) is 4.79 Å². The monoisotopic (exact) mass is 353 g/mol. The molecule has 128 valence electrons. The molecule has 5 heteroatoms. The average Bonchev–Trinajstić information content (AvgIpc) is 2.98. The molecule has 0 radical (unpaired) electrons. The van der Waals surface area contributed by atoms with Crippen molar-refractivity contribution in [1.29, 1.82) is 0 Å². The summed E-state index contributed by atoms with van der Waals surface area (Å²) in [6.45, 7) is 5.12. The molecule has 1 aromatic heterocycles. The van der Waals surface area contributed by atoms with Gasteiger partial charge in [-0.1, -0.05) is 29.8 Å². The van der Waals surface area contributed by atoms with Crippen LogP contribution in [0.5, 0.6) is 0 Å². The zero-order valence-corrected chi connectivity index (χ0v) is 14.9. The maximum absolute atomic E-state index is 13.0. The largest absolute Gasteiger partial charge is 0.368 e. The number of hydrogen-bond acceptors (Lipinski definition) is 2. The molecule has 1 aliphatic heterocycles. The van der Waals surface area contributed by atoms with Gasteiger partial charge in [0.05, 0.1) is 0 Å². The number of rotatable bonds is 2. The molecule has 2 aromatic carbocycles. The second-order valence-electron chi connectivity index (χ2n) is 6.43. The molecule has 0 bridgehead atoms. The van der Waals surface area contributed by atoms with Gasteiger partial charge in [0.1, 0.15) is 5.69 Å². The summed E-state index contributed by atoms with van der Waals surface area (Å²) in [6, 6.07) is 16.0. The Morgan fingerprint density at radius 1 is 1.04 bits per heavy atom. The minimum Gasteiger partial charge on any atom is -0.368 e. The van der Waals surface area contributed by atoms with E-state index in [1.54, 1.807) is 0 Å². The molecule has 0 atom stereocenters. The fourth-order valence-corrected chi connectivity index (χ4v) is 3.65. The Balaban J connectivity index is 1.52. The van der Waals surface area contributed by atoms with Crippen LogP contribution < -0.4 is 4.90 Å². The molecule has 1 saturated heterocycles. The smallest absolute Gasteiger partial charge is 0.270 e. The zero-order valence-electron chi connectivity index (χ0n) is 14.1. The van der Waals surface area contributed by atoms with Crippen LogP contribution in [0.15, 0.2) is 48.5 Å². The first-order chi connectivity index (χ1) is 12.1. The second-order valence-corrected chi connectivity index (χ2v) is 6.87. The number of fused-ring (bicyclic) bond motifs is 1. The number of carbonyl (C=O) groups excluding carboxylic acids is 1. The van der Waals surface area contributed by atoms with E-state index in [-0.39, 0.29) is 5.91 Å². The highest BCUT2D eigenvalue weighted by atomic mass is 35.5. The molecule has 25 heavy (non-hydrogen) atoms. The number of nitrogens with one attached hydrogen (secondary N) is 1. The van der Waals surface area contributed by atoms with Crippen LogP contribution in [0, 0.1) is 6.92 Å². The van der Waals surface area contributed by atoms with E-state index in [0.29, 0.717) is 10.7 Å². The molecule has 1 amide bonds. The summed E-state index contributed by atoms with van der Waals surface area (Å²) >= 11 is 6.09. The van der Waals surface area contributed by atoms with E-state index >= 15 is 0 Å². The molecular weight excluding hydrogens is 334 g/mol. The zero-order chi connectivity index (χ0) is 17.4. The summed E-state index contributed by atoms with van der Waals surface area (Å²) in [7, 11) is 0. The lowest BCUT2D eigenvalue weighted by Gasteiger charge is -2.36.